The topological polar surface area (TPSA) is 38.3 Å². The van der Waals surface area contributed by atoms with Crippen LogP contribution in [0.25, 0.3) is 0 Å². The number of hydrogen-bond donors (Lipinski definition) is 1. The summed E-state index contributed by atoms with van der Waals surface area (Å²) in [6, 6.07) is 0. The lowest BCUT2D eigenvalue weighted by atomic mass is 9.99. The monoisotopic (exact) mass is 213 g/mol. The largest absolute Gasteiger partial charge is 0.368 e. The van der Waals surface area contributed by atoms with Crippen LogP contribution in [0, 0.1) is 0 Å². The second kappa shape index (κ2) is 7.69. The van der Waals surface area contributed by atoms with Gasteiger partial charge in [-0.25, -0.2) is 0 Å². The highest BCUT2D eigenvalue weighted by atomic mass is 16.5. The second-order valence-corrected chi connectivity index (χ2v) is 4.23. The van der Waals surface area contributed by atoms with E-state index in [2.05, 4.69) is 5.32 Å². The van der Waals surface area contributed by atoms with Gasteiger partial charge < -0.3 is 10.1 Å². The van der Waals surface area contributed by atoms with Gasteiger partial charge in [0.05, 0.1) is 6.10 Å². The summed E-state index contributed by atoms with van der Waals surface area (Å²) in [4.78, 5) is 11.2. The first-order chi connectivity index (χ1) is 7.33. The van der Waals surface area contributed by atoms with Gasteiger partial charge in [-0.15, -0.1) is 0 Å². The van der Waals surface area contributed by atoms with E-state index in [1.54, 1.807) is 0 Å². The average molecular weight is 213 g/mol. The number of ether oxygens (including phenoxy) is 1. The number of carbonyl (C=O) groups is 1. The smallest absolute Gasteiger partial charge is 0.246 e. The van der Waals surface area contributed by atoms with Gasteiger partial charge in [0.2, 0.25) is 5.91 Å². The Bertz CT molecular complexity index is 174. The van der Waals surface area contributed by atoms with Crippen molar-refractivity contribution in [1.82, 2.24) is 5.32 Å². The summed E-state index contributed by atoms with van der Waals surface area (Å²) in [7, 11) is 0. The van der Waals surface area contributed by atoms with E-state index in [1.165, 1.54) is 32.1 Å². The quantitative estimate of drug-likeness (QED) is 0.778. The molecule has 0 bridgehead atoms. The van der Waals surface area contributed by atoms with Crippen LogP contribution in [0.3, 0.4) is 0 Å². The van der Waals surface area contributed by atoms with Crippen LogP contribution in [0.4, 0.5) is 0 Å². The molecule has 0 saturated heterocycles. The zero-order chi connectivity index (χ0) is 10.9. The van der Waals surface area contributed by atoms with Crippen LogP contribution < -0.4 is 5.32 Å². The highest BCUT2D eigenvalue weighted by molar-refractivity contribution is 5.77. The minimum Gasteiger partial charge on any atom is -0.368 e. The van der Waals surface area contributed by atoms with Gasteiger partial charge in [-0.1, -0.05) is 32.1 Å². The SMILES string of the molecule is CCNC(=O)COC1CCCCCCC1. The van der Waals surface area contributed by atoms with Crippen LogP contribution in [0.15, 0.2) is 0 Å². The van der Waals surface area contributed by atoms with Gasteiger partial charge in [-0.2, -0.15) is 0 Å². The number of likely N-dealkylation sites (N-methyl/N-ethyl adjacent to an activating group) is 1. The van der Waals surface area contributed by atoms with Crippen molar-refractivity contribution in [3.63, 3.8) is 0 Å². The van der Waals surface area contributed by atoms with Crippen molar-refractivity contribution in [2.24, 2.45) is 0 Å². The molecule has 0 spiro atoms. The molecular weight excluding hydrogens is 190 g/mol. The molecule has 3 nitrogen and oxygen atoms in total. The predicted octanol–water partition coefficient (Wildman–Crippen LogP) is 2.25. The van der Waals surface area contributed by atoms with Crippen LogP contribution in [0.5, 0.6) is 0 Å². The normalized spacial score (nSPS) is 19.3. The van der Waals surface area contributed by atoms with Crippen molar-refractivity contribution < 1.29 is 9.53 Å². The molecular formula is C12H23NO2. The highest BCUT2D eigenvalue weighted by Gasteiger charge is 2.12. The molecule has 1 aliphatic carbocycles. The first-order valence-electron chi connectivity index (χ1n) is 6.21. The van der Waals surface area contributed by atoms with E-state index in [9.17, 15) is 4.79 Å². The van der Waals surface area contributed by atoms with E-state index < -0.39 is 0 Å². The molecule has 1 fully saturated rings. The van der Waals surface area contributed by atoms with Crippen molar-refractivity contribution in [3.8, 4) is 0 Å². The first-order valence-corrected chi connectivity index (χ1v) is 6.21. The molecule has 0 radical (unpaired) electrons. The third kappa shape index (κ3) is 5.78. The maximum Gasteiger partial charge on any atom is 0.246 e. The van der Waals surface area contributed by atoms with Crippen LogP contribution in [0.1, 0.15) is 51.9 Å². The molecule has 0 unspecified atom stereocenters. The van der Waals surface area contributed by atoms with Crippen LogP contribution >= 0.6 is 0 Å². The zero-order valence-corrected chi connectivity index (χ0v) is 9.76. The van der Waals surface area contributed by atoms with Crippen molar-refractivity contribution in [3.05, 3.63) is 0 Å². The summed E-state index contributed by atoms with van der Waals surface area (Å²) in [5.41, 5.74) is 0. The van der Waals surface area contributed by atoms with Crippen molar-refractivity contribution >= 4 is 5.91 Å². The summed E-state index contributed by atoms with van der Waals surface area (Å²) in [6.07, 6.45) is 9.07. The van der Waals surface area contributed by atoms with Crippen molar-refractivity contribution in [2.45, 2.75) is 58.0 Å². The molecule has 0 aromatic carbocycles. The van der Waals surface area contributed by atoms with Gasteiger partial charge in [0.1, 0.15) is 6.61 Å². The summed E-state index contributed by atoms with van der Waals surface area (Å²) in [6.45, 7) is 2.85. The lowest BCUT2D eigenvalue weighted by Crippen LogP contribution is -2.29. The Kier molecular flexibility index (Phi) is 6.41. The van der Waals surface area contributed by atoms with E-state index in [1.807, 2.05) is 6.92 Å². The average Bonchev–Trinajstić information content (AvgIpc) is 2.16. The van der Waals surface area contributed by atoms with Crippen LogP contribution in [-0.4, -0.2) is 25.2 Å². The Balaban J connectivity index is 2.14. The van der Waals surface area contributed by atoms with Crippen molar-refractivity contribution in [1.29, 1.82) is 0 Å². The molecule has 1 rings (SSSR count). The third-order valence-corrected chi connectivity index (χ3v) is 2.88. The molecule has 0 heterocycles. The van der Waals surface area contributed by atoms with Gasteiger partial charge in [0, 0.05) is 6.54 Å². The number of nitrogens with one attached hydrogen (secondary N) is 1. The molecule has 0 aromatic heterocycles. The molecule has 88 valence electrons. The molecule has 15 heavy (non-hydrogen) atoms. The van der Waals surface area contributed by atoms with E-state index in [-0.39, 0.29) is 12.5 Å². The Morgan fingerprint density at radius 1 is 1.20 bits per heavy atom. The standard InChI is InChI=1S/C12H23NO2/c1-2-13-12(14)10-15-11-8-6-4-3-5-7-9-11/h11H,2-10H2,1H3,(H,13,14). The first kappa shape index (κ1) is 12.5. The summed E-state index contributed by atoms with van der Waals surface area (Å²) in [5, 5.41) is 2.75. The van der Waals surface area contributed by atoms with E-state index in [4.69, 9.17) is 4.74 Å². The minimum absolute atomic E-state index is 0.0135. The summed E-state index contributed by atoms with van der Waals surface area (Å²) < 4.78 is 5.62. The fourth-order valence-electron chi connectivity index (χ4n) is 2.03. The fraction of sp³-hybridized carbons (Fsp3) is 0.917. The molecule has 0 aromatic rings. The number of carbonyl (C=O) groups excluding carboxylic acids is 1. The maximum absolute atomic E-state index is 11.2. The predicted molar refractivity (Wildman–Crippen MR) is 60.7 cm³/mol. The number of rotatable bonds is 4. The molecule has 1 saturated carbocycles. The van der Waals surface area contributed by atoms with Gasteiger partial charge in [0.15, 0.2) is 0 Å². The molecule has 1 N–H and O–H groups in total. The molecule has 0 aliphatic heterocycles. The van der Waals surface area contributed by atoms with Gasteiger partial charge in [-0.05, 0) is 19.8 Å². The minimum atomic E-state index is 0.0135. The third-order valence-electron chi connectivity index (χ3n) is 2.88. The molecule has 1 amide bonds. The Labute approximate surface area is 92.6 Å². The van der Waals surface area contributed by atoms with Gasteiger partial charge in [0.25, 0.3) is 0 Å². The zero-order valence-electron chi connectivity index (χ0n) is 9.76. The van der Waals surface area contributed by atoms with Crippen molar-refractivity contribution in [2.75, 3.05) is 13.2 Å². The van der Waals surface area contributed by atoms with Crippen LogP contribution in [0.2, 0.25) is 0 Å². The van der Waals surface area contributed by atoms with Gasteiger partial charge in [-0.3, -0.25) is 4.79 Å². The highest BCUT2D eigenvalue weighted by Crippen LogP contribution is 2.19. The second-order valence-electron chi connectivity index (χ2n) is 4.23. The molecule has 0 atom stereocenters. The lowest BCUT2D eigenvalue weighted by Gasteiger charge is -2.19. The summed E-state index contributed by atoms with van der Waals surface area (Å²) in [5.74, 6) is 0.0135. The Morgan fingerprint density at radius 3 is 2.40 bits per heavy atom. The van der Waals surface area contributed by atoms with Gasteiger partial charge >= 0.3 is 0 Å². The van der Waals surface area contributed by atoms with E-state index >= 15 is 0 Å². The molecule has 3 heteroatoms. The maximum atomic E-state index is 11.2. The fourth-order valence-corrected chi connectivity index (χ4v) is 2.03. The molecule has 1 aliphatic rings. The lowest BCUT2D eigenvalue weighted by molar-refractivity contribution is -0.128. The summed E-state index contributed by atoms with van der Waals surface area (Å²) >= 11 is 0. The van der Waals surface area contributed by atoms with E-state index in [0.717, 1.165) is 12.8 Å². The van der Waals surface area contributed by atoms with Crippen LogP contribution in [-0.2, 0) is 9.53 Å². The van der Waals surface area contributed by atoms with E-state index in [0.29, 0.717) is 12.6 Å². The Hall–Kier alpha value is -0.570. The Morgan fingerprint density at radius 2 is 1.80 bits per heavy atom. The number of amides is 1. The number of hydrogen-bond acceptors (Lipinski definition) is 2.